The van der Waals surface area contributed by atoms with Crippen molar-refractivity contribution >= 4 is 26.7 Å². The molecule has 2 atom stereocenters. The van der Waals surface area contributed by atoms with Gasteiger partial charge in [-0.05, 0) is 0 Å². The van der Waals surface area contributed by atoms with Crippen LogP contribution in [0.1, 0.15) is 72.4 Å². The molecule has 1 aromatic rings. The molecule has 4 nitrogen and oxygen atoms in total. The Bertz CT molecular complexity index is 604. The maximum atomic E-state index is 12.2. The summed E-state index contributed by atoms with van der Waals surface area (Å²) in [5.41, 5.74) is 2.11. The molecular weight excluding hydrogens is 448 g/mol. The number of alkyl carbamates (subject to hydrolysis) is 1. The van der Waals surface area contributed by atoms with Crippen molar-refractivity contribution in [2.24, 2.45) is 0 Å². The fourth-order valence-electron chi connectivity index (χ4n) is 2.88. The van der Waals surface area contributed by atoms with Gasteiger partial charge in [0.2, 0.25) is 0 Å². The molecule has 1 aliphatic carbocycles. The average Bonchev–Trinajstić information content (AvgIpc) is 2.88. The van der Waals surface area contributed by atoms with Crippen LogP contribution in [0.3, 0.4) is 0 Å². The SMILES string of the molecule is CC.[CH3][Sb]([O]CC1c2ccccc2C[C@H]1NC(=O)OC(C)(C)C)[C](C)(C)C. The van der Waals surface area contributed by atoms with Crippen molar-refractivity contribution < 1.29 is 12.5 Å². The Labute approximate surface area is 173 Å². The second-order valence-electron chi connectivity index (χ2n) is 8.73. The van der Waals surface area contributed by atoms with Crippen LogP contribution in [0.15, 0.2) is 24.3 Å². The minimum absolute atomic E-state index is 0.0288. The Morgan fingerprint density at radius 1 is 1.15 bits per heavy atom. The van der Waals surface area contributed by atoms with E-state index in [-0.39, 0.29) is 21.4 Å². The Balaban J connectivity index is 0.00000176. The Kier molecular flexibility index (Phi) is 9.15. The molecule has 0 fully saturated rings. The molecule has 0 heterocycles. The first-order valence-electron chi connectivity index (χ1n) is 9.91. The molecule has 0 bridgehead atoms. The van der Waals surface area contributed by atoms with Crippen molar-refractivity contribution in [3.8, 4) is 0 Å². The molecule has 2 rings (SSSR count). The Morgan fingerprint density at radius 2 is 1.74 bits per heavy atom. The summed E-state index contributed by atoms with van der Waals surface area (Å²) < 4.78 is 12.1. The quantitative estimate of drug-likeness (QED) is 0.557. The molecule has 154 valence electrons. The van der Waals surface area contributed by atoms with Crippen LogP contribution in [0, 0.1) is 0 Å². The fraction of sp³-hybridized carbons (Fsp3) is 0.682. The van der Waals surface area contributed by atoms with Gasteiger partial charge < -0.3 is 0 Å². The summed E-state index contributed by atoms with van der Waals surface area (Å²) in [6.45, 7) is 17.1. The second kappa shape index (κ2) is 10.2. The van der Waals surface area contributed by atoms with E-state index in [1.165, 1.54) is 11.1 Å². The number of nitrogens with one attached hydrogen (secondary N) is 1. The Morgan fingerprint density at radius 3 is 2.30 bits per heavy atom. The van der Waals surface area contributed by atoms with Gasteiger partial charge in [0.1, 0.15) is 0 Å². The van der Waals surface area contributed by atoms with E-state index in [9.17, 15) is 4.79 Å². The number of ether oxygens (including phenoxy) is 1. The van der Waals surface area contributed by atoms with Crippen LogP contribution in [0.5, 0.6) is 0 Å². The number of fused-ring (bicyclic) bond motifs is 1. The van der Waals surface area contributed by atoms with Gasteiger partial charge in [0.15, 0.2) is 0 Å². The molecule has 27 heavy (non-hydrogen) atoms. The van der Waals surface area contributed by atoms with Crippen molar-refractivity contribution in [2.75, 3.05) is 6.61 Å². The van der Waals surface area contributed by atoms with E-state index in [0.717, 1.165) is 6.42 Å². The standard InChI is InChI=1S/C15H20NO3.C4H9.C2H6.CH3.Sb/c1-15(2,3)19-14(18)16-13-8-10-6-4-5-7-11(10)12(13)9-17;1-4(2)3;1-2;;/h4-7,12-13H,8-9H2,1-3H3,(H,16,18);1-3H3;1-2H3;1H3;/q-1;;;;+1/t12?,13-;;;;/m1..../s1. The third-order valence-electron chi connectivity index (χ3n) is 4.47. The number of carbonyl (C=O) groups is 1. The fourth-order valence-corrected chi connectivity index (χ4v) is 5.08. The van der Waals surface area contributed by atoms with Gasteiger partial charge in [0.05, 0.1) is 0 Å². The van der Waals surface area contributed by atoms with Gasteiger partial charge in [-0.3, -0.25) is 0 Å². The van der Waals surface area contributed by atoms with Gasteiger partial charge in [0.25, 0.3) is 0 Å². The average molecular weight is 486 g/mol. The van der Waals surface area contributed by atoms with E-state index in [1.54, 1.807) is 0 Å². The van der Waals surface area contributed by atoms with Crippen LogP contribution in [0.4, 0.5) is 4.79 Å². The first kappa shape index (κ1) is 24.3. The van der Waals surface area contributed by atoms with Crippen LogP contribution in [-0.2, 0) is 14.2 Å². The summed E-state index contributed by atoms with van der Waals surface area (Å²) >= 11 is -1.76. The minimum atomic E-state index is -1.76. The summed E-state index contributed by atoms with van der Waals surface area (Å²) in [5, 5.41) is 3.07. The molecule has 0 aliphatic heterocycles. The zero-order chi connectivity index (χ0) is 20.8. The second-order valence-corrected chi connectivity index (χ2v) is 16.1. The summed E-state index contributed by atoms with van der Waals surface area (Å²) in [6.07, 6.45) is 0.486. The molecule has 1 aliphatic rings. The van der Waals surface area contributed by atoms with Crippen LogP contribution in [0.2, 0.25) is 8.23 Å². The molecule has 0 saturated heterocycles. The monoisotopic (exact) mass is 485 g/mol. The van der Waals surface area contributed by atoms with E-state index < -0.39 is 26.2 Å². The molecule has 0 aromatic heterocycles. The van der Waals surface area contributed by atoms with Crippen molar-refractivity contribution in [3.05, 3.63) is 35.4 Å². The summed E-state index contributed by atoms with van der Waals surface area (Å²) in [4.78, 5) is 14.5. The molecule has 1 unspecified atom stereocenters. The van der Waals surface area contributed by atoms with Crippen molar-refractivity contribution in [1.82, 2.24) is 5.32 Å². The van der Waals surface area contributed by atoms with E-state index >= 15 is 0 Å². The van der Waals surface area contributed by atoms with E-state index in [1.807, 2.05) is 34.6 Å². The van der Waals surface area contributed by atoms with Crippen LogP contribution >= 0.6 is 0 Å². The van der Waals surface area contributed by atoms with Crippen LogP contribution < -0.4 is 5.32 Å². The first-order chi connectivity index (χ1) is 12.5. The molecule has 0 radical (unpaired) electrons. The molecular formula is C22H38NO3Sb. The van der Waals surface area contributed by atoms with E-state index in [0.29, 0.717) is 6.61 Å². The number of rotatable bonds is 4. The molecule has 1 amide bonds. The third kappa shape index (κ3) is 7.66. The summed E-state index contributed by atoms with van der Waals surface area (Å²) in [7, 11) is 0. The normalized spacial score (nSPS) is 19.2. The van der Waals surface area contributed by atoms with Crippen molar-refractivity contribution in [2.45, 2.75) is 87.6 Å². The van der Waals surface area contributed by atoms with Gasteiger partial charge >= 0.3 is 160 Å². The van der Waals surface area contributed by atoms with Crippen LogP contribution in [-0.4, -0.2) is 45.0 Å². The number of benzene rings is 1. The van der Waals surface area contributed by atoms with E-state index in [2.05, 4.69) is 55.2 Å². The van der Waals surface area contributed by atoms with Gasteiger partial charge in [0, 0.05) is 0 Å². The predicted octanol–water partition coefficient (Wildman–Crippen LogP) is 5.68. The molecule has 5 heteroatoms. The van der Waals surface area contributed by atoms with Gasteiger partial charge in [-0.15, -0.1) is 0 Å². The van der Waals surface area contributed by atoms with Gasteiger partial charge in [-0.1, -0.05) is 13.8 Å². The van der Waals surface area contributed by atoms with Gasteiger partial charge in [-0.25, -0.2) is 0 Å². The molecule has 1 N–H and O–H groups in total. The zero-order valence-corrected chi connectivity index (χ0v) is 21.1. The molecule has 1 aromatic carbocycles. The maximum absolute atomic E-state index is 12.2. The Hall–Kier alpha value is -0.732. The molecule has 0 saturated carbocycles. The molecule has 0 spiro atoms. The number of amides is 1. The summed E-state index contributed by atoms with van der Waals surface area (Å²) in [5.74, 6) is 0.193. The number of carbonyl (C=O) groups excluding carboxylic acids is 1. The number of hydrogen-bond acceptors (Lipinski definition) is 3. The van der Waals surface area contributed by atoms with Gasteiger partial charge in [-0.2, -0.15) is 0 Å². The van der Waals surface area contributed by atoms with Crippen molar-refractivity contribution in [3.63, 3.8) is 0 Å². The van der Waals surface area contributed by atoms with Crippen LogP contribution in [0.25, 0.3) is 0 Å². The van der Waals surface area contributed by atoms with E-state index in [4.69, 9.17) is 7.75 Å². The third-order valence-corrected chi connectivity index (χ3v) is 11.4. The predicted molar refractivity (Wildman–Crippen MR) is 115 cm³/mol. The first-order valence-corrected chi connectivity index (χ1v) is 14.8. The zero-order valence-electron chi connectivity index (χ0n) is 18.6. The van der Waals surface area contributed by atoms with Crippen molar-refractivity contribution in [1.29, 1.82) is 0 Å². The number of hydrogen-bond donors (Lipinski definition) is 1. The summed E-state index contributed by atoms with van der Waals surface area (Å²) in [6, 6.07) is 8.46. The topological polar surface area (TPSA) is 47.6 Å².